The molecule has 2 N–H and O–H groups in total. The van der Waals surface area contributed by atoms with Gasteiger partial charge >= 0.3 is 0 Å². The van der Waals surface area contributed by atoms with E-state index in [-0.39, 0.29) is 0 Å². The smallest absolute Gasteiger partial charge is 0.229 e. The van der Waals surface area contributed by atoms with Crippen molar-refractivity contribution in [2.75, 3.05) is 22.8 Å². The maximum atomic E-state index is 10.9. The highest BCUT2D eigenvalue weighted by Crippen LogP contribution is 2.11. The summed E-state index contributed by atoms with van der Waals surface area (Å²) in [4.78, 5) is 4.10. The number of aromatic nitrogens is 1. The minimum atomic E-state index is -3.23. The molecule has 0 saturated heterocycles. The maximum absolute atomic E-state index is 10.9. The lowest BCUT2D eigenvalue weighted by molar-refractivity contribution is 0.607. The Morgan fingerprint density at radius 1 is 1.38 bits per heavy atom. The monoisotopic (exact) mass is 243 g/mol. The second-order valence-electron chi connectivity index (χ2n) is 4.08. The second kappa shape index (κ2) is 5.16. The molecule has 0 aromatic carbocycles. The van der Waals surface area contributed by atoms with Crippen LogP contribution in [0.4, 0.5) is 11.5 Å². The van der Waals surface area contributed by atoms with Gasteiger partial charge in [-0.3, -0.25) is 4.72 Å². The van der Waals surface area contributed by atoms with Gasteiger partial charge in [0.1, 0.15) is 5.82 Å². The molecule has 0 aliphatic rings. The fourth-order valence-electron chi connectivity index (χ4n) is 1.08. The zero-order valence-electron chi connectivity index (χ0n) is 9.69. The topological polar surface area (TPSA) is 71.1 Å². The molecule has 6 heteroatoms. The van der Waals surface area contributed by atoms with Gasteiger partial charge in [-0.25, -0.2) is 13.4 Å². The molecule has 0 amide bonds. The molecule has 0 bridgehead atoms. The number of pyridine rings is 1. The first kappa shape index (κ1) is 12.8. The Morgan fingerprint density at radius 3 is 2.50 bits per heavy atom. The van der Waals surface area contributed by atoms with Gasteiger partial charge < -0.3 is 5.32 Å². The van der Waals surface area contributed by atoms with E-state index in [0.29, 0.717) is 11.6 Å². The summed E-state index contributed by atoms with van der Waals surface area (Å²) < 4.78 is 24.2. The summed E-state index contributed by atoms with van der Waals surface area (Å²) in [6.07, 6.45) is 2.60. The van der Waals surface area contributed by atoms with E-state index in [1.54, 1.807) is 12.1 Å². The minimum Gasteiger partial charge on any atom is -0.370 e. The maximum Gasteiger partial charge on any atom is 0.229 e. The standard InChI is InChI=1S/C10H17N3O2S/c1-8(2)6-11-10-5-4-9(7-12-10)13-16(3,14)15/h4-5,7-8,13H,6H2,1-3H3,(H,11,12). The zero-order chi connectivity index (χ0) is 12.2. The molecular weight excluding hydrogens is 226 g/mol. The third-order valence-corrected chi connectivity index (χ3v) is 2.36. The largest absolute Gasteiger partial charge is 0.370 e. The molecule has 1 rings (SSSR count). The highest BCUT2D eigenvalue weighted by Gasteiger charge is 2.02. The van der Waals surface area contributed by atoms with Crippen LogP contribution in [-0.4, -0.2) is 26.2 Å². The van der Waals surface area contributed by atoms with Crippen LogP contribution in [0, 0.1) is 5.92 Å². The fraction of sp³-hybridized carbons (Fsp3) is 0.500. The van der Waals surface area contributed by atoms with Crippen molar-refractivity contribution in [2.24, 2.45) is 5.92 Å². The highest BCUT2D eigenvalue weighted by molar-refractivity contribution is 7.92. The van der Waals surface area contributed by atoms with Crippen LogP contribution >= 0.6 is 0 Å². The Morgan fingerprint density at radius 2 is 2.06 bits per heavy atom. The molecule has 0 aliphatic carbocycles. The predicted octanol–water partition coefficient (Wildman–Crippen LogP) is 1.52. The lowest BCUT2D eigenvalue weighted by Gasteiger charge is -2.08. The van der Waals surface area contributed by atoms with Crippen molar-refractivity contribution < 1.29 is 8.42 Å². The van der Waals surface area contributed by atoms with E-state index in [9.17, 15) is 8.42 Å². The summed E-state index contributed by atoms with van der Waals surface area (Å²) in [7, 11) is -3.23. The second-order valence-corrected chi connectivity index (χ2v) is 5.83. The van der Waals surface area contributed by atoms with Crippen LogP contribution in [0.15, 0.2) is 18.3 Å². The van der Waals surface area contributed by atoms with Crippen molar-refractivity contribution in [2.45, 2.75) is 13.8 Å². The van der Waals surface area contributed by atoms with Gasteiger partial charge in [0.2, 0.25) is 10.0 Å². The van der Waals surface area contributed by atoms with E-state index in [1.807, 2.05) is 0 Å². The SMILES string of the molecule is CC(C)CNc1ccc(NS(C)(=O)=O)cn1. The van der Waals surface area contributed by atoms with Gasteiger partial charge in [0.05, 0.1) is 18.1 Å². The Bertz CT molecular complexity index is 426. The van der Waals surface area contributed by atoms with Crippen LogP contribution in [0.1, 0.15) is 13.8 Å². The number of sulfonamides is 1. The van der Waals surface area contributed by atoms with E-state index in [2.05, 4.69) is 28.9 Å². The third-order valence-electron chi connectivity index (χ3n) is 1.76. The summed E-state index contributed by atoms with van der Waals surface area (Å²) in [5.74, 6) is 1.28. The number of nitrogens with zero attached hydrogens (tertiary/aromatic N) is 1. The van der Waals surface area contributed by atoms with E-state index in [4.69, 9.17) is 0 Å². The first-order valence-corrected chi connectivity index (χ1v) is 6.93. The number of nitrogens with one attached hydrogen (secondary N) is 2. The summed E-state index contributed by atoms with van der Waals surface area (Å²) in [5, 5.41) is 3.15. The van der Waals surface area contributed by atoms with Gasteiger partial charge in [-0.1, -0.05) is 13.8 Å². The van der Waals surface area contributed by atoms with Crippen LogP contribution in [0.2, 0.25) is 0 Å². The van der Waals surface area contributed by atoms with Gasteiger partial charge in [0.25, 0.3) is 0 Å². The van der Waals surface area contributed by atoms with E-state index in [1.165, 1.54) is 6.20 Å². The molecule has 0 fully saturated rings. The summed E-state index contributed by atoms with van der Waals surface area (Å²) in [6.45, 7) is 5.05. The third kappa shape index (κ3) is 4.97. The lowest BCUT2D eigenvalue weighted by Crippen LogP contribution is -2.11. The molecule has 0 atom stereocenters. The number of rotatable bonds is 5. The molecule has 0 aliphatic heterocycles. The molecule has 0 radical (unpaired) electrons. The van der Waals surface area contributed by atoms with Gasteiger partial charge in [-0.15, -0.1) is 0 Å². The van der Waals surface area contributed by atoms with Crippen molar-refractivity contribution in [1.82, 2.24) is 4.98 Å². The molecule has 90 valence electrons. The van der Waals surface area contributed by atoms with E-state index >= 15 is 0 Å². The van der Waals surface area contributed by atoms with Crippen LogP contribution in [0.5, 0.6) is 0 Å². The van der Waals surface area contributed by atoms with Crippen molar-refractivity contribution in [3.8, 4) is 0 Å². The molecule has 5 nitrogen and oxygen atoms in total. The van der Waals surface area contributed by atoms with Crippen LogP contribution in [0.3, 0.4) is 0 Å². The number of hydrogen-bond acceptors (Lipinski definition) is 4. The number of hydrogen-bond donors (Lipinski definition) is 2. The first-order valence-electron chi connectivity index (χ1n) is 5.04. The minimum absolute atomic E-state index is 0.470. The van der Waals surface area contributed by atoms with E-state index in [0.717, 1.165) is 18.6 Å². The molecule has 1 aromatic rings. The van der Waals surface area contributed by atoms with Gasteiger partial charge in [0, 0.05) is 6.54 Å². The van der Waals surface area contributed by atoms with Gasteiger partial charge in [-0.05, 0) is 18.1 Å². The summed E-state index contributed by atoms with van der Waals surface area (Å²) >= 11 is 0. The molecule has 16 heavy (non-hydrogen) atoms. The normalized spacial score (nSPS) is 11.5. The molecule has 1 heterocycles. The van der Waals surface area contributed by atoms with Crippen molar-refractivity contribution >= 4 is 21.5 Å². The Hall–Kier alpha value is -1.30. The molecule has 0 saturated carbocycles. The molecule has 1 aromatic heterocycles. The average Bonchev–Trinajstić information content (AvgIpc) is 2.14. The Balaban J connectivity index is 2.61. The van der Waals surface area contributed by atoms with Gasteiger partial charge in [-0.2, -0.15) is 0 Å². The van der Waals surface area contributed by atoms with Crippen LogP contribution in [-0.2, 0) is 10.0 Å². The summed E-state index contributed by atoms with van der Waals surface area (Å²) in [5.41, 5.74) is 0.470. The lowest BCUT2D eigenvalue weighted by atomic mass is 10.2. The zero-order valence-corrected chi connectivity index (χ0v) is 10.5. The van der Waals surface area contributed by atoms with E-state index < -0.39 is 10.0 Å². The predicted molar refractivity (Wildman–Crippen MR) is 66.0 cm³/mol. The van der Waals surface area contributed by atoms with Crippen molar-refractivity contribution in [3.05, 3.63) is 18.3 Å². The molecular formula is C10H17N3O2S. The first-order chi connectivity index (χ1) is 7.37. The molecule has 0 spiro atoms. The molecule has 0 unspecified atom stereocenters. The van der Waals surface area contributed by atoms with Gasteiger partial charge in [0.15, 0.2) is 0 Å². The Labute approximate surface area is 96.3 Å². The van der Waals surface area contributed by atoms with Crippen molar-refractivity contribution in [1.29, 1.82) is 0 Å². The quantitative estimate of drug-likeness (QED) is 0.822. The highest BCUT2D eigenvalue weighted by atomic mass is 32.2. The van der Waals surface area contributed by atoms with Crippen LogP contribution in [0.25, 0.3) is 0 Å². The Kier molecular flexibility index (Phi) is 4.12. The number of anilines is 2. The van der Waals surface area contributed by atoms with Crippen LogP contribution < -0.4 is 10.0 Å². The average molecular weight is 243 g/mol. The fourth-order valence-corrected chi connectivity index (χ4v) is 1.63. The summed E-state index contributed by atoms with van der Waals surface area (Å²) in [6, 6.07) is 3.42. The van der Waals surface area contributed by atoms with Crippen molar-refractivity contribution in [3.63, 3.8) is 0 Å².